The second kappa shape index (κ2) is 10.5. The molecule has 3 rings (SSSR count). The molecule has 1 aromatic carbocycles. The van der Waals surface area contributed by atoms with Gasteiger partial charge in [-0.2, -0.15) is 0 Å². The molecule has 0 radical (unpaired) electrons. The summed E-state index contributed by atoms with van der Waals surface area (Å²) >= 11 is 0. The summed E-state index contributed by atoms with van der Waals surface area (Å²) in [7, 11) is 0. The molecule has 7 nitrogen and oxygen atoms in total. The van der Waals surface area contributed by atoms with E-state index < -0.39 is 11.6 Å². The number of likely N-dealkylation sites (tertiary alicyclic amines) is 1. The third kappa shape index (κ3) is 5.93. The number of hydrogen-bond acceptors (Lipinski definition) is 4. The quantitative estimate of drug-likeness (QED) is 0.469. The minimum absolute atomic E-state index is 0.00450. The topological polar surface area (TPSA) is 86.8 Å². The number of hydrogen-bond donors (Lipinski definition) is 1. The van der Waals surface area contributed by atoms with Crippen LogP contribution in [0.25, 0.3) is 0 Å². The molecule has 1 N–H and O–H groups in total. The number of amides is 4. The Labute approximate surface area is 202 Å². The molecular formula is C27H37N3O4. The van der Waals surface area contributed by atoms with Crippen LogP contribution in [-0.4, -0.2) is 51.6 Å². The van der Waals surface area contributed by atoms with Gasteiger partial charge >= 0.3 is 0 Å². The predicted octanol–water partition coefficient (Wildman–Crippen LogP) is 3.36. The Hall–Kier alpha value is -2.96. The first-order valence-corrected chi connectivity index (χ1v) is 12.2. The number of benzene rings is 1. The lowest BCUT2D eigenvalue weighted by Gasteiger charge is -2.33. The Bertz CT molecular complexity index is 952. The zero-order chi connectivity index (χ0) is 25.0. The first-order valence-electron chi connectivity index (χ1n) is 12.2. The third-order valence-corrected chi connectivity index (χ3v) is 6.47. The maximum Gasteiger partial charge on any atom is 0.243 e. The summed E-state index contributed by atoms with van der Waals surface area (Å²) in [6.45, 7) is 9.92. The molecule has 1 aromatic rings. The maximum absolute atomic E-state index is 13.5. The van der Waals surface area contributed by atoms with Gasteiger partial charge in [-0.3, -0.25) is 24.1 Å². The smallest absolute Gasteiger partial charge is 0.243 e. The van der Waals surface area contributed by atoms with Gasteiger partial charge in [-0.05, 0) is 52.5 Å². The summed E-state index contributed by atoms with van der Waals surface area (Å²) in [5.74, 6) is -1.44. The summed E-state index contributed by atoms with van der Waals surface area (Å²) in [5, 5.41) is 2.99. The van der Waals surface area contributed by atoms with Gasteiger partial charge in [0.05, 0.1) is 11.8 Å². The van der Waals surface area contributed by atoms with E-state index in [1.807, 2.05) is 71.0 Å². The Balaban J connectivity index is 1.77. The molecule has 0 spiro atoms. The minimum atomic E-state index is -0.649. The van der Waals surface area contributed by atoms with Crippen molar-refractivity contribution in [1.29, 1.82) is 0 Å². The van der Waals surface area contributed by atoms with Crippen LogP contribution < -0.4 is 5.32 Å². The van der Waals surface area contributed by atoms with E-state index in [2.05, 4.69) is 5.32 Å². The summed E-state index contributed by atoms with van der Waals surface area (Å²) in [6.07, 6.45) is 5.49. The van der Waals surface area contributed by atoms with Crippen LogP contribution in [0, 0.1) is 18.8 Å². The Morgan fingerprint density at radius 1 is 1.12 bits per heavy atom. The monoisotopic (exact) mass is 467 g/mol. The van der Waals surface area contributed by atoms with E-state index in [0.29, 0.717) is 19.3 Å². The lowest BCUT2D eigenvalue weighted by atomic mass is 9.85. The van der Waals surface area contributed by atoms with Crippen LogP contribution in [0.3, 0.4) is 0 Å². The van der Waals surface area contributed by atoms with Crippen molar-refractivity contribution in [1.82, 2.24) is 15.1 Å². The molecule has 1 heterocycles. The van der Waals surface area contributed by atoms with Crippen LogP contribution in [0.5, 0.6) is 0 Å². The first-order chi connectivity index (χ1) is 16.0. The van der Waals surface area contributed by atoms with E-state index in [1.54, 1.807) is 4.90 Å². The number of allylic oxidation sites excluding steroid dienone is 2. The highest BCUT2D eigenvalue weighted by Gasteiger charge is 2.47. The van der Waals surface area contributed by atoms with Gasteiger partial charge in [-0.1, -0.05) is 48.9 Å². The van der Waals surface area contributed by atoms with E-state index in [4.69, 9.17) is 0 Å². The average Bonchev–Trinajstić information content (AvgIpc) is 3.01. The molecule has 7 heteroatoms. The van der Waals surface area contributed by atoms with Crippen molar-refractivity contribution in [3.05, 3.63) is 47.5 Å². The molecule has 184 valence electrons. The number of carbonyl (C=O) groups is 4. The van der Waals surface area contributed by atoms with Crippen LogP contribution in [0.1, 0.15) is 64.5 Å². The Morgan fingerprint density at radius 2 is 1.74 bits per heavy atom. The Kier molecular flexibility index (Phi) is 7.95. The predicted molar refractivity (Wildman–Crippen MR) is 130 cm³/mol. The highest BCUT2D eigenvalue weighted by Crippen LogP contribution is 2.35. The molecule has 1 aliphatic carbocycles. The van der Waals surface area contributed by atoms with Gasteiger partial charge in [0.15, 0.2) is 0 Å². The molecule has 1 saturated heterocycles. The SMILES string of the molecule is CC[C@@H](C(=O)NC(C)(C)C)N(Cc1cccc(C)c1)C(=O)CCN1C(=O)[C@H]2CC=CC[C@H]2C1=O. The van der Waals surface area contributed by atoms with E-state index >= 15 is 0 Å². The average molecular weight is 468 g/mol. The molecule has 0 aromatic heterocycles. The lowest BCUT2D eigenvalue weighted by Crippen LogP contribution is -2.53. The molecule has 4 amide bonds. The number of imide groups is 1. The lowest BCUT2D eigenvalue weighted by molar-refractivity contribution is -0.144. The first kappa shape index (κ1) is 25.7. The molecule has 3 atom stereocenters. The number of rotatable bonds is 8. The van der Waals surface area contributed by atoms with E-state index in [-0.39, 0.29) is 55.0 Å². The van der Waals surface area contributed by atoms with Gasteiger partial charge in [-0.25, -0.2) is 0 Å². The van der Waals surface area contributed by atoms with Crippen LogP contribution in [0.2, 0.25) is 0 Å². The maximum atomic E-state index is 13.5. The summed E-state index contributed by atoms with van der Waals surface area (Å²) < 4.78 is 0. The highest BCUT2D eigenvalue weighted by molar-refractivity contribution is 6.05. The standard InChI is InChI=1S/C27H37N3O4/c1-6-22(24(32)28-27(3,4)5)30(17-19-11-9-10-18(2)16-19)23(31)14-15-29-25(33)20-12-7-8-13-21(20)26(29)34/h7-11,16,20-22H,6,12-15,17H2,1-5H3,(H,28,32)/t20-,21+,22-/m0/s1. The summed E-state index contributed by atoms with van der Waals surface area (Å²) in [4.78, 5) is 55.0. The fourth-order valence-electron chi connectivity index (χ4n) is 4.82. The molecule has 0 saturated carbocycles. The van der Waals surface area contributed by atoms with Crippen molar-refractivity contribution in [2.24, 2.45) is 11.8 Å². The van der Waals surface area contributed by atoms with Crippen LogP contribution >= 0.6 is 0 Å². The second-order valence-corrected chi connectivity index (χ2v) is 10.4. The van der Waals surface area contributed by atoms with E-state index in [1.165, 1.54) is 4.90 Å². The fraction of sp³-hybridized carbons (Fsp3) is 0.556. The van der Waals surface area contributed by atoms with Gasteiger partial charge < -0.3 is 10.2 Å². The van der Waals surface area contributed by atoms with Gasteiger partial charge in [0.2, 0.25) is 23.6 Å². The zero-order valence-electron chi connectivity index (χ0n) is 21.0. The number of fused-ring (bicyclic) bond motifs is 1. The molecule has 0 unspecified atom stereocenters. The molecular weight excluding hydrogens is 430 g/mol. The van der Waals surface area contributed by atoms with E-state index in [0.717, 1.165) is 11.1 Å². The second-order valence-electron chi connectivity index (χ2n) is 10.4. The van der Waals surface area contributed by atoms with E-state index in [9.17, 15) is 19.2 Å². The van der Waals surface area contributed by atoms with Gasteiger partial charge in [0.25, 0.3) is 0 Å². The van der Waals surface area contributed by atoms with Crippen molar-refractivity contribution >= 4 is 23.6 Å². The summed E-state index contributed by atoms with van der Waals surface area (Å²) in [5.41, 5.74) is 1.57. The highest BCUT2D eigenvalue weighted by atomic mass is 16.2. The largest absolute Gasteiger partial charge is 0.350 e. The molecule has 34 heavy (non-hydrogen) atoms. The van der Waals surface area contributed by atoms with Crippen molar-refractivity contribution in [2.45, 2.75) is 78.4 Å². The zero-order valence-corrected chi connectivity index (χ0v) is 21.0. The molecule has 0 bridgehead atoms. The normalized spacial score (nSPS) is 20.8. The van der Waals surface area contributed by atoms with Crippen LogP contribution in [0.4, 0.5) is 0 Å². The molecule has 1 fully saturated rings. The molecule has 1 aliphatic heterocycles. The van der Waals surface area contributed by atoms with Crippen molar-refractivity contribution in [2.75, 3.05) is 6.54 Å². The molecule has 2 aliphatic rings. The third-order valence-electron chi connectivity index (χ3n) is 6.47. The van der Waals surface area contributed by atoms with Gasteiger partial charge in [-0.15, -0.1) is 0 Å². The number of nitrogens with one attached hydrogen (secondary N) is 1. The van der Waals surface area contributed by atoms with Crippen molar-refractivity contribution < 1.29 is 19.2 Å². The van der Waals surface area contributed by atoms with Crippen LogP contribution in [0.15, 0.2) is 36.4 Å². The number of carbonyl (C=O) groups excluding carboxylic acids is 4. The summed E-state index contributed by atoms with van der Waals surface area (Å²) in [6, 6.07) is 7.20. The number of aryl methyl sites for hydroxylation is 1. The number of nitrogens with zero attached hydrogens (tertiary/aromatic N) is 2. The minimum Gasteiger partial charge on any atom is -0.350 e. The van der Waals surface area contributed by atoms with Gasteiger partial charge in [0, 0.05) is 25.0 Å². The Morgan fingerprint density at radius 3 is 2.26 bits per heavy atom. The van der Waals surface area contributed by atoms with Crippen LogP contribution in [-0.2, 0) is 25.7 Å². The van der Waals surface area contributed by atoms with Gasteiger partial charge in [0.1, 0.15) is 6.04 Å². The van der Waals surface area contributed by atoms with Crippen molar-refractivity contribution in [3.8, 4) is 0 Å². The fourth-order valence-corrected chi connectivity index (χ4v) is 4.82. The van der Waals surface area contributed by atoms with Crippen molar-refractivity contribution in [3.63, 3.8) is 0 Å².